The fourth-order valence-corrected chi connectivity index (χ4v) is 3.79. The Morgan fingerprint density at radius 2 is 1.92 bits per heavy atom. The van der Waals surface area contributed by atoms with Gasteiger partial charge in [0.1, 0.15) is 5.37 Å². The van der Waals surface area contributed by atoms with Gasteiger partial charge in [0.2, 0.25) is 0 Å². The Kier molecular flexibility index (Phi) is 4.99. The number of hydrogen-bond acceptors (Lipinski definition) is 5. The van der Waals surface area contributed by atoms with E-state index >= 15 is 0 Å². The van der Waals surface area contributed by atoms with Gasteiger partial charge in [0.25, 0.3) is 5.91 Å². The SMILES string of the molecule is COC(=O)c1ccc(NN2C(=O)CSC2c2ccc(C)cc2)c(C)c1. The van der Waals surface area contributed by atoms with E-state index in [1.54, 1.807) is 35.0 Å². The van der Waals surface area contributed by atoms with Crippen LogP contribution in [0.2, 0.25) is 0 Å². The summed E-state index contributed by atoms with van der Waals surface area (Å²) in [6.45, 7) is 3.93. The lowest BCUT2D eigenvalue weighted by Crippen LogP contribution is -2.34. The van der Waals surface area contributed by atoms with Crippen LogP contribution in [-0.2, 0) is 9.53 Å². The predicted octanol–water partition coefficient (Wildman–Crippen LogP) is 3.69. The maximum atomic E-state index is 12.3. The van der Waals surface area contributed by atoms with Crippen LogP contribution in [0.25, 0.3) is 0 Å². The summed E-state index contributed by atoms with van der Waals surface area (Å²) < 4.78 is 4.74. The lowest BCUT2D eigenvalue weighted by Gasteiger charge is -2.26. The van der Waals surface area contributed by atoms with Crippen molar-refractivity contribution >= 4 is 29.3 Å². The van der Waals surface area contributed by atoms with E-state index in [1.807, 2.05) is 38.1 Å². The number of nitrogens with zero attached hydrogens (tertiary/aromatic N) is 1. The third-order valence-corrected chi connectivity index (χ3v) is 5.33. The molecule has 1 aliphatic rings. The zero-order valence-electron chi connectivity index (χ0n) is 14.4. The number of hydrogen-bond donors (Lipinski definition) is 1. The van der Waals surface area contributed by atoms with E-state index < -0.39 is 0 Å². The number of carbonyl (C=O) groups is 2. The smallest absolute Gasteiger partial charge is 0.337 e. The van der Waals surface area contributed by atoms with E-state index in [2.05, 4.69) is 5.43 Å². The molecule has 1 N–H and O–H groups in total. The van der Waals surface area contributed by atoms with Crippen molar-refractivity contribution in [3.05, 3.63) is 64.7 Å². The molecule has 3 rings (SSSR count). The molecular formula is C19H20N2O3S. The number of rotatable bonds is 4. The Bertz CT molecular complexity index is 805. The summed E-state index contributed by atoms with van der Waals surface area (Å²) in [7, 11) is 1.36. The number of thioether (sulfide) groups is 1. The summed E-state index contributed by atoms with van der Waals surface area (Å²) in [5, 5.41) is 1.59. The van der Waals surface area contributed by atoms with Crippen molar-refractivity contribution in [2.24, 2.45) is 0 Å². The number of carbonyl (C=O) groups excluding carboxylic acids is 2. The molecule has 1 aliphatic heterocycles. The normalized spacial score (nSPS) is 16.8. The first-order valence-electron chi connectivity index (χ1n) is 7.95. The van der Waals surface area contributed by atoms with Gasteiger partial charge < -0.3 is 4.74 Å². The van der Waals surface area contributed by atoms with Gasteiger partial charge in [0.15, 0.2) is 0 Å². The molecule has 0 saturated carbocycles. The minimum Gasteiger partial charge on any atom is -0.465 e. The first-order valence-corrected chi connectivity index (χ1v) is 9.00. The minimum atomic E-state index is -0.375. The van der Waals surface area contributed by atoms with Crippen LogP contribution < -0.4 is 5.43 Å². The first kappa shape index (κ1) is 17.4. The van der Waals surface area contributed by atoms with Gasteiger partial charge in [0, 0.05) is 0 Å². The number of anilines is 1. The maximum Gasteiger partial charge on any atom is 0.337 e. The molecule has 6 heteroatoms. The van der Waals surface area contributed by atoms with Crippen molar-refractivity contribution in [1.29, 1.82) is 0 Å². The van der Waals surface area contributed by atoms with Crippen LogP contribution in [0.1, 0.15) is 32.4 Å². The van der Waals surface area contributed by atoms with Gasteiger partial charge in [0.05, 0.1) is 24.1 Å². The van der Waals surface area contributed by atoms with Gasteiger partial charge >= 0.3 is 5.97 Å². The molecule has 1 fully saturated rings. The third-order valence-electron chi connectivity index (χ3n) is 4.12. The Hall–Kier alpha value is -2.47. The fourth-order valence-electron chi connectivity index (χ4n) is 2.69. The average molecular weight is 356 g/mol. The summed E-state index contributed by atoms with van der Waals surface area (Å²) in [4.78, 5) is 24.0. The van der Waals surface area contributed by atoms with Gasteiger partial charge in [-0.2, -0.15) is 0 Å². The number of ether oxygens (including phenoxy) is 1. The number of benzene rings is 2. The highest BCUT2D eigenvalue weighted by atomic mass is 32.2. The quantitative estimate of drug-likeness (QED) is 0.847. The number of hydrazine groups is 1. The number of esters is 1. The lowest BCUT2D eigenvalue weighted by molar-refractivity contribution is -0.126. The van der Waals surface area contributed by atoms with E-state index in [4.69, 9.17) is 4.74 Å². The number of amides is 1. The van der Waals surface area contributed by atoms with Gasteiger partial charge in [-0.15, -0.1) is 11.8 Å². The number of aryl methyl sites for hydroxylation is 2. The highest BCUT2D eigenvalue weighted by Crippen LogP contribution is 2.39. The molecule has 2 aromatic carbocycles. The largest absolute Gasteiger partial charge is 0.465 e. The lowest BCUT2D eigenvalue weighted by atomic mass is 10.1. The Morgan fingerprint density at radius 3 is 2.56 bits per heavy atom. The predicted molar refractivity (Wildman–Crippen MR) is 99.4 cm³/mol. The van der Waals surface area contributed by atoms with E-state index in [1.165, 1.54) is 12.7 Å². The van der Waals surface area contributed by atoms with Crippen molar-refractivity contribution in [3.63, 3.8) is 0 Å². The molecule has 0 aromatic heterocycles. The van der Waals surface area contributed by atoms with E-state index in [9.17, 15) is 9.59 Å². The van der Waals surface area contributed by atoms with E-state index in [0.29, 0.717) is 11.3 Å². The monoisotopic (exact) mass is 356 g/mol. The summed E-state index contributed by atoms with van der Waals surface area (Å²) in [6.07, 6.45) is 0. The maximum absolute atomic E-state index is 12.3. The summed E-state index contributed by atoms with van der Waals surface area (Å²) in [5.41, 5.74) is 7.64. The Morgan fingerprint density at radius 1 is 1.20 bits per heavy atom. The molecule has 130 valence electrons. The molecule has 25 heavy (non-hydrogen) atoms. The second-order valence-electron chi connectivity index (χ2n) is 5.97. The summed E-state index contributed by atoms with van der Waals surface area (Å²) >= 11 is 1.59. The molecular weight excluding hydrogens is 336 g/mol. The summed E-state index contributed by atoms with van der Waals surface area (Å²) in [6, 6.07) is 13.4. The molecule has 0 radical (unpaired) electrons. The van der Waals surface area contributed by atoms with Gasteiger partial charge in [-0.25, -0.2) is 9.80 Å². The third kappa shape index (κ3) is 3.64. The van der Waals surface area contributed by atoms with Crippen molar-refractivity contribution in [3.8, 4) is 0 Å². The minimum absolute atomic E-state index is 0.0343. The van der Waals surface area contributed by atoms with Crippen LogP contribution in [0.4, 0.5) is 5.69 Å². The molecule has 1 atom stereocenters. The van der Waals surface area contributed by atoms with Crippen LogP contribution in [0.5, 0.6) is 0 Å². The van der Waals surface area contributed by atoms with Crippen molar-refractivity contribution in [2.75, 3.05) is 18.3 Å². The molecule has 2 aromatic rings. The molecule has 0 aliphatic carbocycles. The highest BCUT2D eigenvalue weighted by molar-refractivity contribution is 8.00. The van der Waals surface area contributed by atoms with Crippen molar-refractivity contribution in [2.45, 2.75) is 19.2 Å². The Labute approximate surface area is 151 Å². The molecule has 0 bridgehead atoms. The van der Waals surface area contributed by atoms with Gasteiger partial charge in [-0.3, -0.25) is 10.2 Å². The summed E-state index contributed by atoms with van der Waals surface area (Å²) in [5.74, 6) is 0.0946. The van der Waals surface area contributed by atoms with Gasteiger partial charge in [-0.1, -0.05) is 29.8 Å². The first-order chi connectivity index (χ1) is 12.0. The van der Waals surface area contributed by atoms with Crippen LogP contribution >= 0.6 is 11.8 Å². The second-order valence-corrected chi connectivity index (χ2v) is 7.04. The second kappa shape index (κ2) is 7.19. The average Bonchev–Trinajstić information content (AvgIpc) is 2.97. The van der Waals surface area contributed by atoms with Crippen LogP contribution in [0.15, 0.2) is 42.5 Å². The fraction of sp³-hybridized carbons (Fsp3) is 0.263. The topological polar surface area (TPSA) is 58.6 Å². The standard InChI is InChI=1S/C19H20N2O3S/c1-12-4-6-14(7-5-12)18-21(17(22)11-25-18)20-16-9-8-15(10-13(16)2)19(23)24-3/h4-10,18,20H,11H2,1-3H3. The molecule has 1 saturated heterocycles. The number of nitrogens with one attached hydrogen (secondary N) is 1. The van der Waals surface area contributed by atoms with Crippen molar-refractivity contribution < 1.29 is 14.3 Å². The molecule has 0 spiro atoms. The van der Waals surface area contributed by atoms with E-state index in [0.717, 1.165) is 16.8 Å². The molecule has 1 unspecified atom stereocenters. The highest BCUT2D eigenvalue weighted by Gasteiger charge is 2.33. The van der Waals surface area contributed by atoms with Crippen LogP contribution in [-0.4, -0.2) is 29.7 Å². The van der Waals surface area contributed by atoms with Crippen molar-refractivity contribution in [1.82, 2.24) is 5.01 Å². The molecule has 5 nitrogen and oxygen atoms in total. The van der Waals surface area contributed by atoms with Gasteiger partial charge in [-0.05, 0) is 43.2 Å². The number of methoxy groups -OCH3 is 1. The zero-order valence-corrected chi connectivity index (χ0v) is 15.2. The van der Waals surface area contributed by atoms with E-state index in [-0.39, 0.29) is 17.3 Å². The molecule has 1 amide bonds. The van der Waals surface area contributed by atoms with Crippen LogP contribution in [0, 0.1) is 13.8 Å². The van der Waals surface area contributed by atoms with Crippen LogP contribution in [0.3, 0.4) is 0 Å². The molecule has 1 heterocycles. The zero-order chi connectivity index (χ0) is 18.0. The Balaban J connectivity index is 1.83.